The summed E-state index contributed by atoms with van der Waals surface area (Å²) in [5, 5.41) is 3.55. The summed E-state index contributed by atoms with van der Waals surface area (Å²) in [5.41, 5.74) is 5.74. The predicted octanol–water partition coefficient (Wildman–Crippen LogP) is 3.07. The van der Waals surface area contributed by atoms with Gasteiger partial charge in [0.1, 0.15) is 0 Å². The number of amides is 1. The Kier molecular flexibility index (Phi) is 3.09. The van der Waals surface area contributed by atoms with Gasteiger partial charge in [0, 0.05) is 28.3 Å². The molecule has 0 fully saturated rings. The lowest BCUT2D eigenvalue weighted by Crippen LogP contribution is -2.19. The SMILES string of the molecule is O=C1NCC2=C1CN=C(c1ccccc1)c1cc(Cl)ccc12. The van der Waals surface area contributed by atoms with Crippen LogP contribution >= 0.6 is 11.6 Å². The summed E-state index contributed by atoms with van der Waals surface area (Å²) in [6.07, 6.45) is 0. The fourth-order valence-electron chi connectivity index (χ4n) is 3.01. The maximum atomic E-state index is 12.0. The predicted molar refractivity (Wildman–Crippen MR) is 88.3 cm³/mol. The highest BCUT2D eigenvalue weighted by molar-refractivity contribution is 6.31. The summed E-state index contributed by atoms with van der Waals surface area (Å²) < 4.78 is 0. The number of hydrogen-bond acceptors (Lipinski definition) is 2. The Labute approximate surface area is 133 Å². The topological polar surface area (TPSA) is 41.5 Å². The van der Waals surface area contributed by atoms with Gasteiger partial charge in [0.15, 0.2) is 0 Å². The minimum Gasteiger partial charge on any atom is -0.348 e. The number of halogens is 1. The number of aliphatic imine (C=N–C) groups is 1. The molecule has 0 unspecified atom stereocenters. The Morgan fingerprint density at radius 1 is 1.00 bits per heavy atom. The van der Waals surface area contributed by atoms with Gasteiger partial charge in [-0.05, 0) is 23.3 Å². The van der Waals surface area contributed by atoms with E-state index in [-0.39, 0.29) is 5.91 Å². The van der Waals surface area contributed by atoms with Crippen LogP contribution in [0, 0.1) is 0 Å². The third-order valence-corrected chi connectivity index (χ3v) is 4.30. The van der Waals surface area contributed by atoms with Gasteiger partial charge in [0.05, 0.1) is 12.3 Å². The number of carbonyl (C=O) groups excluding carboxylic acids is 1. The minimum atomic E-state index is -0.0195. The Bertz CT molecular complexity index is 837. The molecule has 1 N–H and O–H groups in total. The van der Waals surface area contributed by atoms with Crippen molar-refractivity contribution >= 4 is 28.8 Å². The zero-order valence-electron chi connectivity index (χ0n) is 11.8. The number of carbonyl (C=O) groups is 1. The zero-order chi connectivity index (χ0) is 15.1. The number of nitrogens with zero attached hydrogens (tertiary/aromatic N) is 1. The number of fused-ring (bicyclic) bond motifs is 2. The number of benzene rings is 2. The fraction of sp³-hybridized carbons (Fsp3) is 0.111. The first-order valence-corrected chi connectivity index (χ1v) is 7.52. The van der Waals surface area contributed by atoms with E-state index in [4.69, 9.17) is 16.6 Å². The van der Waals surface area contributed by atoms with Gasteiger partial charge in [-0.25, -0.2) is 0 Å². The molecular weight excluding hydrogens is 296 g/mol. The van der Waals surface area contributed by atoms with Crippen LogP contribution in [0.4, 0.5) is 0 Å². The molecule has 0 aliphatic carbocycles. The zero-order valence-corrected chi connectivity index (χ0v) is 12.5. The van der Waals surface area contributed by atoms with Gasteiger partial charge < -0.3 is 5.32 Å². The molecule has 4 heteroatoms. The van der Waals surface area contributed by atoms with Crippen LogP contribution in [0.25, 0.3) is 5.57 Å². The maximum Gasteiger partial charge on any atom is 0.249 e. The van der Waals surface area contributed by atoms with E-state index >= 15 is 0 Å². The van der Waals surface area contributed by atoms with Crippen molar-refractivity contribution in [2.75, 3.05) is 13.1 Å². The van der Waals surface area contributed by atoms with Gasteiger partial charge in [0.25, 0.3) is 0 Å². The molecule has 0 spiro atoms. The molecule has 3 nitrogen and oxygen atoms in total. The first-order chi connectivity index (χ1) is 10.7. The molecule has 2 aromatic rings. The summed E-state index contributed by atoms with van der Waals surface area (Å²) in [4.78, 5) is 16.7. The molecule has 0 radical (unpaired) electrons. The first kappa shape index (κ1) is 13.3. The number of rotatable bonds is 1. The van der Waals surface area contributed by atoms with Gasteiger partial charge >= 0.3 is 0 Å². The van der Waals surface area contributed by atoms with Crippen LogP contribution in [-0.4, -0.2) is 24.7 Å². The molecule has 2 aromatic carbocycles. The molecule has 2 aliphatic heterocycles. The fourth-order valence-corrected chi connectivity index (χ4v) is 3.18. The molecule has 2 aliphatic rings. The molecule has 0 atom stereocenters. The lowest BCUT2D eigenvalue weighted by Gasteiger charge is -2.12. The summed E-state index contributed by atoms with van der Waals surface area (Å²) in [6.45, 7) is 0.956. The van der Waals surface area contributed by atoms with Crippen molar-refractivity contribution in [3.63, 3.8) is 0 Å². The maximum absolute atomic E-state index is 12.0. The van der Waals surface area contributed by atoms with Gasteiger partial charge in [-0.15, -0.1) is 0 Å². The summed E-state index contributed by atoms with van der Waals surface area (Å²) in [5.74, 6) is -0.0195. The smallest absolute Gasteiger partial charge is 0.249 e. The van der Waals surface area contributed by atoms with Crippen molar-refractivity contribution in [1.82, 2.24) is 5.32 Å². The van der Waals surface area contributed by atoms with E-state index in [0.29, 0.717) is 18.1 Å². The molecule has 2 heterocycles. The number of hydrogen-bond donors (Lipinski definition) is 1. The van der Waals surface area contributed by atoms with Crippen LogP contribution in [-0.2, 0) is 4.79 Å². The Hall–Kier alpha value is -2.39. The van der Waals surface area contributed by atoms with Crippen LogP contribution in [0.3, 0.4) is 0 Å². The minimum absolute atomic E-state index is 0.0195. The van der Waals surface area contributed by atoms with E-state index in [0.717, 1.165) is 33.5 Å². The summed E-state index contributed by atoms with van der Waals surface area (Å²) in [6, 6.07) is 15.8. The van der Waals surface area contributed by atoms with E-state index in [9.17, 15) is 4.79 Å². The van der Waals surface area contributed by atoms with Crippen LogP contribution in [0.1, 0.15) is 16.7 Å². The van der Waals surface area contributed by atoms with Crippen molar-refractivity contribution in [2.45, 2.75) is 0 Å². The molecule has 108 valence electrons. The molecule has 0 bridgehead atoms. The van der Waals surface area contributed by atoms with Crippen LogP contribution in [0.2, 0.25) is 5.02 Å². The van der Waals surface area contributed by atoms with Gasteiger partial charge in [0.2, 0.25) is 5.91 Å². The second kappa shape index (κ2) is 5.11. The van der Waals surface area contributed by atoms with Gasteiger partial charge in [-0.2, -0.15) is 0 Å². The second-order valence-electron chi connectivity index (χ2n) is 5.36. The molecule has 1 amide bonds. The summed E-state index contributed by atoms with van der Waals surface area (Å²) in [7, 11) is 0. The average Bonchev–Trinajstić information content (AvgIpc) is 2.82. The second-order valence-corrected chi connectivity index (χ2v) is 5.80. The normalized spacial score (nSPS) is 16.6. The standard InChI is InChI=1S/C18H13ClN2O/c19-12-6-7-13-14(8-12)17(11-4-2-1-3-5-11)20-10-16-15(13)9-21-18(16)22/h1-8H,9-10H2,(H,21,22). The Morgan fingerprint density at radius 3 is 2.64 bits per heavy atom. The van der Waals surface area contributed by atoms with Crippen molar-refractivity contribution in [1.29, 1.82) is 0 Å². The molecule has 22 heavy (non-hydrogen) atoms. The van der Waals surface area contributed by atoms with Crippen LogP contribution < -0.4 is 5.32 Å². The Balaban J connectivity index is 1.96. The van der Waals surface area contributed by atoms with E-state index in [1.165, 1.54) is 0 Å². The molecule has 0 aromatic heterocycles. The molecule has 4 rings (SSSR count). The Morgan fingerprint density at radius 2 is 1.82 bits per heavy atom. The third-order valence-electron chi connectivity index (χ3n) is 4.07. The highest BCUT2D eigenvalue weighted by atomic mass is 35.5. The van der Waals surface area contributed by atoms with Crippen LogP contribution in [0.15, 0.2) is 59.1 Å². The van der Waals surface area contributed by atoms with E-state index in [1.807, 2.05) is 48.5 Å². The number of nitrogens with one attached hydrogen (secondary N) is 1. The molecule has 0 saturated heterocycles. The lowest BCUT2D eigenvalue weighted by molar-refractivity contribution is -0.116. The third kappa shape index (κ3) is 2.06. The lowest BCUT2D eigenvalue weighted by atomic mass is 9.93. The van der Waals surface area contributed by atoms with Crippen molar-refractivity contribution in [3.05, 3.63) is 75.8 Å². The average molecular weight is 309 g/mol. The monoisotopic (exact) mass is 308 g/mol. The van der Waals surface area contributed by atoms with Crippen molar-refractivity contribution in [2.24, 2.45) is 4.99 Å². The van der Waals surface area contributed by atoms with Crippen molar-refractivity contribution < 1.29 is 4.79 Å². The van der Waals surface area contributed by atoms with Gasteiger partial charge in [-0.3, -0.25) is 9.79 Å². The van der Waals surface area contributed by atoms with Crippen LogP contribution in [0.5, 0.6) is 0 Å². The molecule has 0 saturated carbocycles. The van der Waals surface area contributed by atoms with Crippen molar-refractivity contribution in [3.8, 4) is 0 Å². The highest BCUT2D eigenvalue weighted by Crippen LogP contribution is 2.32. The largest absolute Gasteiger partial charge is 0.348 e. The highest BCUT2D eigenvalue weighted by Gasteiger charge is 2.28. The van der Waals surface area contributed by atoms with E-state index in [1.54, 1.807) is 0 Å². The van der Waals surface area contributed by atoms with E-state index in [2.05, 4.69) is 5.32 Å². The summed E-state index contributed by atoms with van der Waals surface area (Å²) >= 11 is 6.20. The van der Waals surface area contributed by atoms with Gasteiger partial charge in [-0.1, -0.05) is 48.0 Å². The van der Waals surface area contributed by atoms with E-state index < -0.39 is 0 Å². The molecular formula is C18H13ClN2O. The first-order valence-electron chi connectivity index (χ1n) is 7.14. The quantitative estimate of drug-likeness (QED) is 0.864.